The maximum Gasteiger partial charge on any atom is 0.339 e. The fourth-order valence-electron chi connectivity index (χ4n) is 8.29. The van der Waals surface area contributed by atoms with Crippen LogP contribution in [-0.4, -0.2) is 57.1 Å². The lowest BCUT2D eigenvalue weighted by Crippen LogP contribution is -2.70. The summed E-state index contributed by atoms with van der Waals surface area (Å²) in [7, 11) is 0. The molecule has 5 rings (SSSR count). The monoisotopic (exact) mass is 530 g/mol. The molecule has 4 aliphatic rings. The van der Waals surface area contributed by atoms with Crippen LogP contribution in [0.1, 0.15) is 50.4 Å². The van der Waals surface area contributed by atoms with Crippen molar-refractivity contribution in [2.24, 2.45) is 28.6 Å². The summed E-state index contributed by atoms with van der Waals surface area (Å²) in [5.41, 5.74) is -3.46. The zero-order chi connectivity index (χ0) is 27.0. The van der Waals surface area contributed by atoms with Crippen molar-refractivity contribution in [1.82, 2.24) is 0 Å². The molecule has 37 heavy (non-hydrogen) atoms. The predicted molar refractivity (Wildman–Crippen MR) is 135 cm³/mol. The van der Waals surface area contributed by atoms with Gasteiger partial charge in [0.25, 0.3) is 0 Å². The van der Waals surface area contributed by atoms with Gasteiger partial charge in [-0.3, -0.25) is 9.59 Å². The van der Waals surface area contributed by atoms with E-state index in [0.29, 0.717) is 6.42 Å². The minimum atomic E-state index is -1.74. The van der Waals surface area contributed by atoms with E-state index in [1.807, 2.05) is 0 Å². The molecule has 4 aliphatic carbocycles. The first-order chi connectivity index (χ1) is 17.4. The van der Waals surface area contributed by atoms with Crippen LogP contribution in [0.2, 0.25) is 0 Å². The number of fused-ring (bicyclic) bond motifs is 5. The lowest BCUT2D eigenvalue weighted by Gasteiger charge is -2.64. The molecule has 8 heteroatoms. The number of Topliss-reactive ketones (excluding diaryl/α,β-unsaturated/α-hetero) is 1. The summed E-state index contributed by atoms with van der Waals surface area (Å²) in [6.07, 6.45) is 1.92. The Morgan fingerprint density at radius 2 is 1.84 bits per heavy atom. The maximum absolute atomic E-state index is 15.7. The Hall–Kier alpha value is -2.35. The van der Waals surface area contributed by atoms with E-state index in [-0.39, 0.29) is 29.8 Å². The van der Waals surface area contributed by atoms with E-state index in [2.05, 4.69) is 0 Å². The van der Waals surface area contributed by atoms with Crippen molar-refractivity contribution in [3.05, 3.63) is 59.7 Å². The average Bonchev–Trinajstić information content (AvgIpc) is 3.09. The Kier molecular flexibility index (Phi) is 6.09. The summed E-state index contributed by atoms with van der Waals surface area (Å²) in [5.74, 6) is -3.18. The van der Waals surface area contributed by atoms with E-state index in [0.717, 1.165) is 0 Å². The van der Waals surface area contributed by atoms with Crippen LogP contribution in [0.5, 0.6) is 0 Å². The fraction of sp³-hybridized carbons (Fsp3) is 0.552. The third-order valence-corrected chi connectivity index (χ3v) is 10.9. The average molecular weight is 531 g/mol. The Bertz CT molecular complexity index is 1210. The van der Waals surface area contributed by atoms with Crippen LogP contribution in [0.15, 0.2) is 54.1 Å². The number of hydrogen-bond donors (Lipinski definition) is 2. The second-order valence-corrected chi connectivity index (χ2v) is 12.2. The molecule has 0 aromatic heterocycles. The molecule has 3 fully saturated rings. The highest BCUT2D eigenvalue weighted by Gasteiger charge is 2.77. The number of ketones is 2. The number of aliphatic hydroxyl groups is 2. The van der Waals surface area contributed by atoms with Gasteiger partial charge in [-0.05, 0) is 61.0 Å². The molecule has 1 aromatic rings. The molecule has 198 valence electrons. The number of ether oxygens (including phenoxy) is 1. The standard InChI is InChI=1S/C29H32ClFO6/c1-16-11-19-20-13-22(31)21-12-18(33)9-10-26(21,2)28(20,30)23(34)14-27(19,3)29(16,24(35)15-32)37-25(36)17-7-5-4-6-8-17/h4-10,12,16,19-20,22-23,32,34H,11,13-15H2,1-3H3/t16-,19-,20-,22-,23?,26-,27-,28-,29-/m0/s1. The topological polar surface area (TPSA) is 101 Å². The van der Waals surface area contributed by atoms with Gasteiger partial charge < -0.3 is 14.9 Å². The number of allylic oxidation sites excluding steroid dienone is 4. The van der Waals surface area contributed by atoms with Crippen molar-refractivity contribution < 1.29 is 33.7 Å². The molecule has 3 saturated carbocycles. The van der Waals surface area contributed by atoms with Gasteiger partial charge in [-0.25, -0.2) is 9.18 Å². The smallest absolute Gasteiger partial charge is 0.339 e. The Morgan fingerprint density at radius 3 is 2.49 bits per heavy atom. The van der Waals surface area contributed by atoms with E-state index in [9.17, 15) is 24.6 Å². The van der Waals surface area contributed by atoms with E-state index >= 15 is 4.39 Å². The molecule has 0 spiro atoms. The molecule has 0 saturated heterocycles. The van der Waals surface area contributed by atoms with Gasteiger partial charge in [-0.15, -0.1) is 11.6 Å². The van der Waals surface area contributed by atoms with Crippen LogP contribution in [0, 0.1) is 28.6 Å². The van der Waals surface area contributed by atoms with Crippen molar-refractivity contribution in [3.63, 3.8) is 0 Å². The molecule has 6 nitrogen and oxygen atoms in total. The molecule has 0 amide bonds. The van der Waals surface area contributed by atoms with Crippen molar-refractivity contribution in [3.8, 4) is 0 Å². The Morgan fingerprint density at radius 1 is 1.16 bits per heavy atom. The minimum Gasteiger partial charge on any atom is -0.446 e. The number of halogens is 2. The van der Waals surface area contributed by atoms with Crippen molar-refractivity contribution >= 4 is 29.1 Å². The second kappa shape index (κ2) is 8.58. The van der Waals surface area contributed by atoms with Crippen LogP contribution in [0.3, 0.4) is 0 Å². The van der Waals surface area contributed by atoms with Gasteiger partial charge in [-0.1, -0.05) is 45.0 Å². The summed E-state index contributed by atoms with van der Waals surface area (Å²) in [6, 6.07) is 8.29. The summed E-state index contributed by atoms with van der Waals surface area (Å²) >= 11 is 7.38. The minimum absolute atomic E-state index is 0.00255. The molecular formula is C29H32ClFO6. The maximum atomic E-state index is 15.7. The lowest BCUT2D eigenvalue weighted by atomic mass is 9.45. The quantitative estimate of drug-likeness (QED) is 0.451. The molecule has 0 radical (unpaired) electrons. The normalized spacial score (nSPS) is 44.4. The van der Waals surface area contributed by atoms with E-state index < -0.39 is 69.7 Å². The van der Waals surface area contributed by atoms with Crippen molar-refractivity contribution in [2.45, 2.75) is 62.8 Å². The summed E-state index contributed by atoms with van der Waals surface area (Å²) in [4.78, 5) is 37.6. The van der Waals surface area contributed by atoms with Gasteiger partial charge >= 0.3 is 5.97 Å². The number of esters is 1. The first-order valence-electron chi connectivity index (χ1n) is 12.8. The van der Waals surface area contributed by atoms with E-state index in [1.165, 1.54) is 12.2 Å². The summed E-state index contributed by atoms with van der Waals surface area (Å²) in [5, 5.41) is 21.8. The van der Waals surface area contributed by atoms with Crippen LogP contribution >= 0.6 is 11.6 Å². The van der Waals surface area contributed by atoms with E-state index in [4.69, 9.17) is 16.3 Å². The SMILES string of the molecule is C[C@H]1C[C@H]2[C@@H]3C[C@H](F)C4=CC(=O)C=C[C@]4(C)[C@@]3(Cl)C(O)C[C@]2(C)[C@@]1(OC(=O)c1ccccc1)C(=O)CO. The van der Waals surface area contributed by atoms with Gasteiger partial charge in [0.05, 0.1) is 16.5 Å². The van der Waals surface area contributed by atoms with Crippen LogP contribution in [0.4, 0.5) is 4.39 Å². The fourth-order valence-corrected chi connectivity index (χ4v) is 8.78. The Labute approximate surface area is 220 Å². The second-order valence-electron chi connectivity index (χ2n) is 11.6. The number of alkyl halides is 2. The molecule has 0 bridgehead atoms. The van der Waals surface area contributed by atoms with Crippen LogP contribution < -0.4 is 0 Å². The third-order valence-electron chi connectivity index (χ3n) is 9.99. The van der Waals surface area contributed by atoms with Gasteiger partial charge in [0, 0.05) is 16.7 Å². The molecule has 1 unspecified atom stereocenters. The predicted octanol–water partition coefficient (Wildman–Crippen LogP) is 3.98. The molecule has 0 aliphatic heterocycles. The summed E-state index contributed by atoms with van der Waals surface area (Å²) in [6.45, 7) is 4.48. The molecular weight excluding hydrogens is 499 g/mol. The number of hydrogen-bond acceptors (Lipinski definition) is 6. The van der Waals surface area contributed by atoms with Gasteiger partial charge in [-0.2, -0.15) is 0 Å². The van der Waals surface area contributed by atoms with Gasteiger partial charge in [0.2, 0.25) is 5.78 Å². The molecule has 2 N–H and O–H groups in total. The van der Waals surface area contributed by atoms with E-state index in [1.54, 1.807) is 57.2 Å². The van der Waals surface area contributed by atoms with Crippen LogP contribution in [0.25, 0.3) is 0 Å². The molecule has 1 aromatic carbocycles. The number of rotatable bonds is 4. The number of aliphatic hydroxyl groups excluding tert-OH is 2. The van der Waals surface area contributed by atoms with Crippen LogP contribution in [-0.2, 0) is 14.3 Å². The largest absolute Gasteiger partial charge is 0.446 e. The lowest BCUT2D eigenvalue weighted by molar-refractivity contribution is -0.182. The van der Waals surface area contributed by atoms with Gasteiger partial charge in [0.1, 0.15) is 12.8 Å². The van der Waals surface area contributed by atoms with Gasteiger partial charge in [0.15, 0.2) is 11.4 Å². The first-order valence-corrected chi connectivity index (χ1v) is 13.1. The Balaban J connectivity index is 1.63. The zero-order valence-electron chi connectivity index (χ0n) is 21.1. The number of benzene rings is 1. The van der Waals surface area contributed by atoms with Crippen molar-refractivity contribution in [1.29, 1.82) is 0 Å². The zero-order valence-corrected chi connectivity index (χ0v) is 21.9. The highest BCUT2D eigenvalue weighted by molar-refractivity contribution is 6.26. The van der Waals surface area contributed by atoms with Crippen molar-refractivity contribution in [2.75, 3.05) is 6.61 Å². The molecule has 0 heterocycles. The first kappa shape index (κ1) is 26.3. The molecule has 9 atom stereocenters. The highest BCUT2D eigenvalue weighted by atomic mass is 35.5. The third kappa shape index (κ3) is 3.26. The summed E-state index contributed by atoms with van der Waals surface area (Å²) < 4.78 is 21.8. The number of carbonyl (C=O) groups is 3. The highest BCUT2D eigenvalue weighted by Crippen LogP contribution is 2.72. The number of carbonyl (C=O) groups excluding carboxylic acids is 3.